The van der Waals surface area contributed by atoms with E-state index in [0.717, 1.165) is 16.7 Å². The first kappa shape index (κ1) is 20.0. The van der Waals surface area contributed by atoms with Crippen molar-refractivity contribution < 1.29 is 17.9 Å². The van der Waals surface area contributed by atoms with E-state index in [-0.39, 0.29) is 10.5 Å². The van der Waals surface area contributed by atoms with E-state index in [2.05, 4.69) is 5.32 Å². The van der Waals surface area contributed by atoms with Crippen LogP contribution < -0.4 is 14.4 Å². The molecular weight excluding hydrogens is 400 g/mol. The van der Waals surface area contributed by atoms with Gasteiger partial charge in [0.15, 0.2) is 5.75 Å². The topological polar surface area (TPSA) is 75.7 Å². The van der Waals surface area contributed by atoms with Crippen molar-refractivity contribution in [3.8, 4) is 11.5 Å². The number of rotatable bonds is 3. The molecule has 0 saturated carbocycles. The predicted octanol–water partition coefficient (Wildman–Crippen LogP) is 4.79. The van der Waals surface area contributed by atoms with Crippen LogP contribution in [0, 0.1) is 20.8 Å². The molecule has 4 rings (SSSR count). The molecule has 1 aliphatic rings. The maximum Gasteiger partial charge on any atom is 0.264 e. The third kappa shape index (κ3) is 3.31. The summed E-state index contributed by atoms with van der Waals surface area (Å²) in [6.45, 7) is 5.75. The number of ether oxygens (including phenoxy) is 1. The predicted molar refractivity (Wildman–Crippen MR) is 117 cm³/mol. The summed E-state index contributed by atoms with van der Waals surface area (Å²) in [6.07, 6.45) is 0. The molecular formula is C23H22N2O4S. The van der Waals surface area contributed by atoms with Gasteiger partial charge in [0.25, 0.3) is 15.9 Å². The summed E-state index contributed by atoms with van der Waals surface area (Å²) in [4.78, 5) is 12.8. The molecule has 0 fully saturated rings. The first-order chi connectivity index (χ1) is 14.2. The van der Waals surface area contributed by atoms with Crippen molar-refractivity contribution in [2.45, 2.75) is 25.7 Å². The van der Waals surface area contributed by atoms with Crippen LogP contribution >= 0.6 is 0 Å². The van der Waals surface area contributed by atoms with Crippen LogP contribution in [-0.2, 0) is 10.0 Å². The maximum absolute atomic E-state index is 13.4. The zero-order chi connectivity index (χ0) is 21.6. The van der Waals surface area contributed by atoms with Gasteiger partial charge in [-0.2, -0.15) is 0 Å². The van der Waals surface area contributed by atoms with E-state index in [4.69, 9.17) is 4.74 Å². The molecule has 0 atom stereocenters. The van der Waals surface area contributed by atoms with Gasteiger partial charge in [-0.15, -0.1) is 0 Å². The van der Waals surface area contributed by atoms with E-state index in [9.17, 15) is 13.2 Å². The number of para-hydroxylation sites is 2. The first-order valence-corrected chi connectivity index (χ1v) is 10.9. The van der Waals surface area contributed by atoms with E-state index < -0.39 is 15.9 Å². The highest BCUT2D eigenvalue weighted by molar-refractivity contribution is 7.92. The molecule has 0 radical (unpaired) electrons. The van der Waals surface area contributed by atoms with E-state index >= 15 is 0 Å². The largest absolute Gasteiger partial charge is 0.454 e. The zero-order valence-corrected chi connectivity index (χ0v) is 18.0. The number of carbonyl (C=O) groups is 1. The quantitative estimate of drug-likeness (QED) is 0.658. The molecule has 3 aromatic carbocycles. The minimum atomic E-state index is -3.89. The normalized spacial score (nSPS) is 12.9. The number of aryl methyl sites for hydroxylation is 3. The fourth-order valence-corrected chi connectivity index (χ4v) is 5.20. The highest BCUT2D eigenvalue weighted by atomic mass is 32.2. The van der Waals surface area contributed by atoms with Gasteiger partial charge in [-0.1, -0.05) is 29.8 Å². The van der Waals surface area contributed by atoms with Crippen LogP contribution in [0.2, 0.25) is 0 Å². The highest BCUT2D eigenvalue weighted by Crippen LogP contribution is 2.37. The molecule has 1 N–H and O–H groups in total. The van der Waals surface area contributed by atoms with Gasteiger partial charge in [0.2, 0.25) is 0 Å². The van der Waals surface area contributed by atoms with E-state index in [1.54, 1.807) is 24.3 Å². The average Bonchev–Trinajstić information content (AvgIpc) is 2.82. The lowest BCUT2D eigenvalue weighted by atomic mass is 10.1. The highest BCUT2D eigenvalue weighted by Gasteiger charge is 2.28. The van der Waals surface area contributed by atoms with Gasteiger partial charge in [0.1, 0.15) is 5.75 Å². The van der Waals surface area contributed by atoms with Crippen LogP contribution in [0.25, 0.3) is 0 Å². The van der Waals surface area contributed by atoms with Crippen LogP contribution in [0.4, 0.5) is 11.4 Å². The van der Waals surface area contributed by atoms with Gasteiger partial charge >= 0.3 is 0 Å². The zero-order valence-electron chi connectivity index (χ0n) is 17.2. The number of benzene rings is 3. The lowest BCUT2D eigenvalue weighted by molar-refractivity contribution is 0.102. The van der Waals surface area contributed by atoms with Crippen LogP contribution in [0.5, 0.6) is 11.5 Å². The molecule has 0 aromatic heterocycles. The third-order valence-electron chi connectivity index (χ3n) is 5.16. The van der Waals surface area contributed by atoms with Gasteiger partial charge in [-0.05, 0) is 62.2 Å². The summed E-state index contributed by atoms with van der Waals surface area (Å²) in [5.74, 6) is 0.391. The van der Waals surface area contributed by atoms with Gasteiger partial charge in [0.05, 0.1) is 21.8 Å². The Morgan fingerprint density at radius 3 is 2.27 bits per heavy atom. The van der Waals surface area contributed by atoms with E-state index in [0.29, 0.717) is 22.9 Å². The minimum Gasteiger partial charge on any atom is -0.454 e. The Kier molecular flexibility index (Phi) is 4.78. The average molecular weight is 423 g/mol. The number of nitrogens with zero attached hydrogens (tertiary/aromatic N) is 1. The molecule has 0 spiro atoms. The first-order valence-electron chi connectivity index (χ1n) is 9.47. The van der Waals surface area contributed by atoms with Gasteiger partial charge in [0, 0.05) is 7.05 Å². The Bertz CT molecular complexity index is 1260. The fourth-order valence-electron chi connectivity index (χ4n) is 3.85. The SMILES string of the molecule is Cc1cc(C)c(N(C)S(=O)(=O)c2ccc3c(c2)C(=O)Nc2ccccc2O3)c(C)c1. The molecule has 3 aromatic rings. The number of amides is 1. The second kappa shape index (κ2) is 7.18. The van der Waals surface area contributed by atoms with Gasteiger partial charge < -0.3 is 10.1 Å². The second-order valence-electron chi connectivity index (χ2n) is 7.43. The minimum absolute atomic E-state index is 0.0211. The molecule has 6 nitrogen and oxygen atoms in total. The van der Waals surface area contributed by atoms with Crippen LogP contribution in [-0.4, -0.2) is 21.4 Å². The molecule has 1 aliphatic heterocycles. The number of hydrogen-bond donors (Lipinski definition) is 1. The Morgan fingerprint density at radius 2 is 1.57 bits per heavy atom. The lowest BCUT2D eigenvalue weighted by Crippen LogP contribution is -2.28. The van der Waals surface area contributed by atoms with Crippen LogP contribution in [0.1, 0.15) is 27.0 Å². The number of anilines is 2. The molecule has 0 bridgehead atoms. The molecule has 0 aliphatic carbocycles. The number of sulfonamides is 1. The van der Waals surface area contributed by atoms with Crippen LogP contribution in [0.3, 0.4) is 0 Å². The van der Waals surface area contributed by atoms with E-state index in [1.165, 1.54) is 29.6 Å². The molecule has 1 amide bonds. The summed E-state index contributed by atoms with van der Waals surface area (Å²) in [5.41, 5.74) is 4.13. The maximum atomic E-state index is 13.4. The molecule has 154 valence electrons. The standard InChI is InChI=1S/C23H22N2O4S/c1-14-11-15(2)22(16(3)12-14)25(4)30(27,28)17-9-10-20-18(13-17)23(26)24-19-7-5-6-8-21(19)29-20/h5-13H,1-4H3,(H,24,26). The van der Waals surface area contributed by atoms with E-state index in [1.807, 2.05) is 32.9 Å². The Labute approximate surface area is 176 Å². The Balaban J connectivity index is 1.77. The number of nitrogens with one attached hydrogen (secondary N) is 1. The summed E-state index contributed by atoms with van der Waals surface area (Å²) in [6, 6.07) is 15.3. The van der Waals surface area contributed by atoms with Crippen molar-refractivity contribution in [2.24, 2.45) is 0 Å². The Morgan fingerprint density at radius 1 is 0.900 bits per heavy atom. The van der Waals surface area contributed by atoms with Crippen molar-refractivity contribution in [1.82, 2.24) is 0 Å². The summed E-state index contributed by atoms with van der Waals surface area (Å²) in [7, 11) is -2.36. The molecule has 1 heterocycles. The number of hydrogen-bond acceptors (Lipinski definition) is 4. The molecule has 0 unspecified atom stereocenters. The Hall–Kier alpha value is -3.32. The van der Waals surface area contributed by atoms with Crippen molar-refractivity contribution in [2.75, 3.05) is 16.7 Å². The summed E-state index contributed by atoms with van der Waals surface area (Å²) >= 11 is 0. The molecule has 30 heavy (non-hydrogen) atoms. The lowest BCUT2D eigenvalue weighted by Gasteiger charge is -2.24. The number of carbonyl (C=O) groups excluding carboxylic acids is 1. The van der Waals surface area contributed by atoms with Crippen LogP contribution in [0.15, 0.2) is 59.5 Å². The molecule has 0 saturated heterocycles. The van der Waals surface area contributed by atoms with Gasteiger partial charge in [-0.3, -0.25) is 9.10 Å². The second-order valence-corrected chi connectivity index (χ2v) is 9.40. The van der Waals surface area contributed by atoms with Crippen molar-refractivity contribution in [1.29, 1.82) is 0 Å². The molecule has 7 heteroatoms. The monoisotopic (exact) mass is 422 g/mol. The summed E-state index contributed by atoms with van der Waals surface area (Å²) in [5, 5.41) is 2.77. The van der Waals surface area contributed by atoms with Crippen molar-refractivity contribution in [3.05, 3.63) is 76.9 Å². The smallest absolute Gasteiger partial charge is 0.264 e. The fraction of sp³-hybridized carbons (Fsp3) is 0.174. The summed E-state index contributed by atoms with van der Waals surface area (Å²) < 4.78 is 33.9. The van der Waals surface area contributed by atoms with Gasteiger partial charge in [-0.25, -0.2) is 8.42 Å². The van der Waals surface area contributed by atoms with Crippen molar-refractivity contribution >= 4 is 27.3 Å². The number of fused-ring (bicyclic) bond motifs is 2. The third-order valence-corrected chi connectivity index (χ3v) is 6.91. The van der Waals surface area contributed by atoms with Crippen molar-refractivity contribution in [3.63, 3.8) is 0 Å².